The highest BCUT2D eigenvalue weighted by atomic mass is 32.2. The Morgan fingerprint density at radius 1 is 1.19 bits per heavy atom. The number of benzene rings is 1. The molecule has 2 saturated heterocycles. The van der Waals surface area contributed by atoms with Crippen molar-refractivity contribution in [1.29, 1.82) is 0 Å². The van der Waals surface area contributed by atoms with Crippen LogP contribution in [0, 0.1) is 0 Å². The number of sulfonamides is 2. The minimum Gasteiger partial charge on any atom is -0.491 e. The summed E-state index contributed by atoms with van der Waals surface area (Å²) in [7, 11) is -2.88. The van der Waals surface area contributed by atoms with Crippen molar-refractivity contribution in [3.05, 3.63) is 30.3 Å². The molecule has 2 fully saturated rings. The first-order valence-corrected chi connectivity index (χ1v) is 17.0. The molecule has 0 bridgehead atoms. The van der Waals surface area contributed by atoms with Crippen LogP contribution in [0.15, 0.2) is 40.1 Å². The first-order chi connectivity index (χ1) is 20.5. The van der Waals surface area contributed by atoms with Crippen molar-refractivity contribution in [2.75, 3.05) is 72.1 Å². The van der Waals surface area contributed by atoms with Crippen LogP contribution in [0.2, 0.25) is 0 Å². The number of likely N-dealkylation sites (N-methyl/N-ethyl adjacent to an activating group) is 1. The van der Waals surface area contributed by atoms with E-state index in [-0.39, 0.29) is 34.9 Å². The van der Waals surface area contributed by atoms with Crippen LogP contribution in [0.4, 0.5) is 5.69 Å². The Labute approximate surface area is 252 Å². The number of pyridine rings is 1. The summed E-state index contributed by atoms with van der Waals surface area (Å²) in [6.45, 7) is 2.34. The normalized spacial score (nSPS) is 21.3. The third kappa shape index (κ3) is 6.84. The van der Waals surface area contributed by atoms with E-state index in [2.05, 4.69) is 15.0 Å². The number of anilines is 1. The van der Waals surface area contributed by atoms with Crippen molar-refractivity contribution in [2.45, 2.75) is 46.8 Å². The molecule has 5 rings (SSSR count). The average Bonchev–Trinajstić information content (AvgIpc) is 3.40. The van der Waals surface area contributed by atoms with Crippen LogP contribution in [0.1, 0.15) is 19.3 Å². The molecule has 0 amide bonds. The smallest absolute Gasteiger partial charge is 0.248 e. The van der Waals surface area contributed by atoms with Gasteiger partial charge in [0, 0.05) is 38.8 Å². The Hall–Kier alpha value is -2.73. The van der Waals surface area contributed by atoms with Crippen LogP contribution >= 0.6 is 0 Å². The lowest BCUT2D eigenvalue weighted by molar-refractivity contribution is -0.0312. The van der Waals surface area contributed by atoms with E-state index >= 15 is 0 Å². The topological polar surface area (TPSA) is 169 Å². The number of aliphatic hydroxyl groups excluding tert-OH is 1. The zero-order valence-electron chi connectivity index (χ0n) is 24.5. The summed E-state index contributed by atoms with van der Waals surface area (Å²) in [5.74, 6) is 0.698. The number of nitrogens with one attached hydrogen (secondary N) is 2. The number of rotatable bonds is 11. The van der Waals surface area contributed by atoms with E-state index < -0.39 is 31.8 Å². The number of hydrogen-bond acceptors (Lipinski definition) is 12. The number of methoxy groups -OCH3 is 1. The van der Waals surface area contributed by atoms with E-state index in [1.807, 2.05) is 11.9 Å². The summed E-state index contributed by atoms with van der Waals surface area (Å²) in [6.07, 6.45) is 0.916. The van der Waals surface area contributed by atoms with Crippen LogP contribution in [0.5, 0.6) is 17.5 Å². The second-order valence-corrected chi connectivity index (χ2v) is 14.7. The lowest BCUT2D eigenvalue weighted by atomic mass is 9.88. The zero-order chi connectivity index (χ0) is 30.8. The largest absolute Gasteiger partial charge is 0.491 e. The summed E-state index contributed by atoms with van der Waals surface area (Å²) in [6, 6.07) is 7.62. The minimum absolute atomic E-state index is 0.00830. The van der Waals surface area contributed by atoms with Crippen molar-refractivity contribution in [2.24, 2.45) is 0 Å². The highest BCUT2D eigenvalue weighted by Crippen LogP contribution is 2.40. The Balaban J connectivity index is 1.12. The molecular weight excluding hydrogens is 602 g/mol. The summed E-state index contributed by atoms with van der Waals surface area (Å²) in [4.78, 5) is 6.33. The first-order valence-electron chi connectivity index (χ1n) is 14.1. The highest BCUT2D eigenvalue weighted by molar-refractivity contribution is 7.89. The maximum absolute atomic E-state index is 13.7. The molecule has 3 aliphatic heterocycles. The second kappa shape index (κ2) is 12.7. The minimum atomic E-state index is -3.88. The van der Waals surface area contributed by atoms with Gasteiger partial charge in [-0.05, 0) is 44.5 Å². The molecule has 0 saturated carbocycles. The average molecular weight is 642 g/mol. The van der Waals surface area contributed by atoms with Gasteiger partial charge in [-0.1, -0.05) is 6.07 Å². The zero-order valence-corrected chi connectivity index (χ0v) is 26.1. The number of aliphatic hydroxyl groups is 1. The molecule has 0 aliphatic carbocycles. The predicted molar refractivity (Wildman–Crippen MR) is 157 cm³/mol. The number of nitrogens with zero attached hydrogens (tertiary/aromatic N) is 3. The van der Waals surface area contributed by atoms with Gasteiger partial charge in [0.1, 0.15) is 35.7 Å². The Bertz CT molecular complexity index is 1510. The summed E-state index contributed by atoms with van der Waals surface area (Å²) < 4.78 is 77.8. The molecule has 1 spiro atoms. The van der Waals surface area contributed by atoms with Gasteiger partial charge >= 0.3 is 0 Å². The van der Waals surface area contributed by atoms with Gasteiger partial charge < -0.3 is 34.3 Å². The summed E-state index contributed by atoms with van der Waals surface area (Å²) in [5.41, 5.74) is 0.159. The third-order valence-corrected chi connectivity index (χ3v) is 11.4. The standard InChI is InChI=1S/C27H39N5O9S2/c1-28-42(34,35)22-6-4-5-21(13-22)40-18-20(33)16-29-19-15-27(41-17-19)7-9-32(10-8-27)43(36,37)24-14-23-25(30-26(24)38-3)39-12-11-31(23)2/h4-6,13-14,19-20,28-29,33H,7-12,15-18H2,1-3H3. The molecule has 0 radical (unpaired) electrons. The van der Waals surface area contributed by atoms with E-state index in [9.17, 15) is 21.9 Å². The monoisotopic (exact) mass is 641 g/mol. The number of aromatic nitrogens is 1. The molecule has 238 valence electrons. The number of piperidine rings is 1. The molecule has 43 heavy (non-hydrogen) atoms. The van der Waals surface area contributed by atoms with Gasteiger partial charge in [0.2, 0.25) is 31.8 Å². The van der Waals surface area contributed by atoms with Crippen molar-refractivity contribution in [3.8, 4) is 17.5 Å². The fraction of sp³-hybridized carbons (Fsp3) is 0.593. The Morgan fingerprint density at radius 2 is 1.95 bits per heavy atom. The van der Waals surface area contributed by atoms with Crippen molar-refractivity contribution >= 4 is 25.7 Å². The summed E-state index contributed by atoms with van der Waals surface area (Å²) >= 11 is 0. The van der Waals surface area contributed by atoms with Crippen molar-refractivity contribution < 1.29 is 40.9 Å². The molecule has 2 aromatic rings. The van der Waals surface area contributed by atoms with E-state index in [1.54, 1.807) is 18.2 Å². The molecule has 3 N–H and O–H groups in total. The van der Waals surface area contributed by atoms with E-state index in [1.165, 1.54) is 30.6 Å². The Kier molecular flexibility index (Phi) is 9.37. The number of fused-ring (bicyclic) bond motifs is 1. The molecular formula is C27H39N5O9S2. The molecule has 2 atom stereocenters. The van der Waals surface area contributed by atoms with Crippen molar-refractivity contribution in [3.63, 3.8) is 0 Å². The molecule has 14 nitrogen and oxygen atoms in total. The highest BCUT2D eigenvalue weighted by Gasteiger charge is 2.45. The van der Waals surface area contributed by atoms with Crippen LogP contribution in [0.25, 0.3) is 0 Å². The quantitative estimate of drug-likeness (QED) is 0.305. The third-order valence-electron chi connectivity index (χ3n) is 8.10. The lowest BCUT2D eigenvalue weighted by Crippen LogP contribution is -2.47. The number of ether oxygens (including phenoxy) is 4. The fourth-order valence-electron chi connectivity index (χ4n) is 5.56. The van der Waals surface area contributed by atoms with Crippen LogP contribution in [-0.2, 0) is 24.8 Å². The van der Waals surface area contributed by atoms with Gasteiger partial charge in [-0.3, -0.25) is 0 Å². The van der Waals surface area contributed by atoms with Crippen LogP contribution in [-0.4, -0.2) is 116 Å². The summed E-state index contributed by atoms with van der Waals surface area (Å²) in [5, 5.41) is 13.8. The first kappa shape index (κ1) is 31.7. The maximum atomic E-state index is 13.7. The van der Waals surface area contributed by atoms with Gasteiger partial charge in [0.25, 0.3) is 0 Å². The van der Waals surface area contributed by atoms with Gasteiger partial charge in [-0.2, -0.15) is 9.29 Å². The van der Waals surface area contributed by atoms with E-state index in [4.69, 9.17) is 18.9 Å². The molecule has 1 aromatic carbocycles. The van der Waals surface area contributed by atoms with Gasteiger partial charge in [0.15, 0.2) is 0 Å². The molecule has 16 heteroatoms. The molecule has 4 heterocycles. The van der Waals surface area contributed by atoms with E-state index in [0.29, 0.717) is 69.4 Å². The predicted octanol–water partition coefficient (Wildman–Crippen LogP) is 0.169. The fourth-order valence-corrected chi connectivity index (χ4v) is 7.88. The SMILES string of the molecule is CNS(=O)(=O)c1cccc(OCC(O)CNC2COC3(CCN(S(=O)(=O)c4cc5c(nc4OC)OCCN5C)CC3)C2)c1. The van der Waals surface area contributed by atoms with Gasteiger partial charge in [-0.25, -0.2) is 21.6 Å². The molecule has 3 aliphatic rings. The van der Waals surface area contributed by atoms with Gasteiger partial charge in [0.05, 0.1) is 30.8 Å². The van der Waals surface area contributed by atoms with Gasteiger partial charge in [-0.15, -0.1) is 0 Å². The lowest BCUT2D eigenvalue weighted by Gasteiger charge is -2.38. The second-order valence-electron chi connectivity index (χ2n) is 10.9. The van der Waals surface area contributed by atoms with Crippen LogP contribution < -0.4 is 29.1 Å². The molecule has 2 unspecified atom stereocenters. The van der Waals surface area contributed by atoms with Crippen LogP contribution in [0.3, 0.4) is 0 Å². The Morgan fingerprint density at radius 3 is 2.67 bits per heavy atom. The van der Waals surface area contributed by atoms with E-state index in [0.717, 1.165) is 0 Å². The number of hydrogen-bond donors (Lipinski definition) is 3. The maximum Gasteiger partial charge on any atom is 0.248 e. The van der Waals surface area contributed by atoms with Crippen molar-refractivity contribution in [1.82, 2.24) is 19.3 Å². The molecule has 1 aromatic heterocycles.